The van der Waals surface area contributed by atoms with E-state index in [-0.39, 0.29) is 11.8 Å². The van der Waals surface area contributed by atoms with Gasteiger partial charge in [-0.3, -0.25) is 14.5 Å². The average Bonchev–Trinajstić information content (AvgIpc) is 2.99. The number of hydrogen-bond acceptors (Lipinski definition) is 3. The first-order valence-electron chi connectivity index (χ1n) is 7.43. The molecule has 2 aromatic carbocycles. The number of carbonyl (C=O) groups excluding carboxylic acids is 2. The molecule has 2 aromatic rings. The molecule has 0 spiro atoms. The van der Waals surface area contributed by atoms with E-state index in [1.807, 2.05) is 30.3 Å². The fourth-order valence-corrected chi connectivity index (χ4v) is 2.96. The lowest BCUT2D eigenvalue weighted by Crippen LogP contribution is -2.47. The van der Waals surface area contributed by atoms with Gasteiger partial charge in [0.05, 0.1) is 12.7 Å². The van der Waals surface area contributed by atoms with Crippen LogP contribution in [0, 0.1) is 0 Å². The molecule has 0 aromatic heterocycles. The van der Waals surface area contributed by atoms with Crippen molar-refractivity contribution in [1.29, 1.82) is 0 Å². The van der Waals surface area contributed by atoms with E-state index in [9.17, 15) is 9.59 Å². The quantitative estimate of drug-likeness (QED) is 0.943. The molecular weight excluding hydrogens is 292 g/mol. The molecule has 23 heavy (non-hydrogen) atoms. The molecule has 3 rings (SSSR count). The van der Waals surface area contributed by atoms with E-state index in [0.29, 0.717) is 17.7 Å². The molecule has 5 heteroatoms. The third-order valence-corrected chi connectivity index (χ3v) is 4.08. The number of amides is 2. The van der Waals surface area contributed by atoms with Crippen LogP contribution in [0.2, 0.25) is 0 Å². The highest BCUT2D eigenvalue weighted by Gasteiger charge is 2.38. The molecule has 1 N–H and O–H groups in total. The van der Waals surface area contributed by atoms with Crippen molar-refractivity contribution in [2.24, 2.45) is 0 Å². The van der Waals surface area contributed by atoms with Crippen LogP contribution in [0.1, 0.15) is 15.9 Å². The zero-order valence-corrected chi connectivity index (χ0v) is 13.1. The molecule has 1 aliphatic rings. The first-order chi connectivity index (χ1) is 11.2. The number of para-hydroxylation sites is 2. The van der Waals surface area contributed by atoms with Gasteiger partial charge in [0.15, 0.2) is 0 Å². The Balaban J connectivity index is 2.07. The first kappa shape index (κ1) is 15.1. The van der Waals surface area contributed by atoms with E-state index in [0.717, 1.165) is 11.3 Å². The standard InChI is InChI=1S/C18H18N2O3/c1-19-17(21)15-11-12-7-3-5-9-14(12)20(15)18(22)13-8-4-6-10-16(13)23-2/h3-10,15H,11H2,1-2H3,(H,19,21)/t15-/m1/s1. The molecule has 118 valence electrons. The van der Waals surface area contributed by atoms with Gasteiger partial charge in [-0.15, -0.1) is 0 Å². The molecule has 0 fully saturated rings. The summed E-state index contributed by atoms with van der Waals surface area (Å²) in [5, 5.41) is 2.64. The Bertz CT molecular complexity index is 757. The summed E-state index contributed by atoms with van der Waals surface area (Å²) in [5.41, 5.74) is 2.21. The summed E-state index contributed by atoms with van der Waals surface area (Å²) in [6.45, 7) is 0. The second kappa shape index (κ2) is 6.12. The third-order valence-electron chi connectivity index (χ3n) is 4.08. The Morgan fingerprint density at radius 2 is 1.83 bits per heavy atom. The van der Waals surface area contributed by atoms with Crippen LogP contribution in [0.3, 0.4) is 0 Å². The van der Waals surface area contributed by atoms with Crippen LogP contribution in [0.4, 0.5) is 5.69 Å². The minimum absolute atomic E-state index is 0.176. The van der Waals surface area contributed by atoms with Gasteiger partial charge in [-0.05, 0) is 23.8 Å². The zero-order valence-electron chi connectivity index (χ0n) is 13.1. The molecule has 2 amide bonds. The number of carbonyl (C=O) groups is 2. The smallest absolute Gasteiger partial charge is 0.262 e. The van der Waals surface area contributed by atoms with Gasteiger partial charge in [-0.25, -0.2) is 0 Å². The van der Waals surface area contributed by atoms with Gasteiger partial charge in [0.2, 0.25) is 5.91 Å². The van der Waals surface area contributed by atoms with Crippen molar-refractivity contribution < 1.29 is 14.3 Å². The SMILES string of the molecule is CNC(=O)[C@H]1Cc2ccccc2N1C(=O)c1ccccc1OC. The number of anilines is 1. The van der Waals surface area contributed by atoms with E-state index < -0.39 is 6.04 Å². The van der Waals surface area contributed by atoms with Crippen molar-refractivity contribution in [2.45, 2.75) is 12.5 Å². The van der Waals surface area contributed by atoms with Crippen molar-refractivity contribution in [3.8, 4) is 5.75 Å². The third kappa shape index (κ3) is 2.54. The lowest BCUT2D eigenvalue weighted by molar-refractivity contribution is -0.121. The average molecular weight is 310 g/mol. The summed E-state index contributed by atoms with van der Waals surface area (Å²) in [5.74, 6) is 0.0861. The highest BCUT2D eigenvalue weighted by molar-refractivity contribution is 6.12. The minimum Gasteiger partial charge on any atom is -0.496 e. The molecule has 1 aliphatic heterocycles. The van der Waals surface area contributed by atoms with Crippen LogP contribution >= 0.6 is 0 Å². The van der Waals surface area contributed by atoms with Crippen LogP contribution in [0.5, 0.6) is 5.75 Å². The van der Waals surface area contributed by atoms with Gasteiger partial charge < -0.3 is 10.1 Å². The largest absolute Gasteiger partial charge is 0.496 e. The van der Waals surface area contributed by atoms with Crippen LogP contribution < -0.4 is 15.0 Å². The van der Waals surface area contributed by atoms with Gasteiger partial charge in [0, 0.05) is 19.2 Å². The van der Waals surface area contributed by atoms with Crippen molar-refractivity contribution in [3.63, 3.8) is 0 Å². The van der Waals surface area contributed by atoms with Crippen molar-refractivity contribution in [3.05, 3.63) is 59.7 Å². The Labute approximate surface area is 134 Å². The number of methoxy groups -OCH3 is 1. The monoisotopic (exact) mass is 310 g/mol. The minimum atomic E-state index is -0.546. The molecule has 5 nitrogen and oxygen atoms in total. The van der Waals surface area contributed by atoms with Crippen LogP contribution in [-0.4, -0.2) is 32.0 Å². The Morgan fingerprint density at radius 1 is 1.13 bits per heavy atom. The molecule has 0 radical (unpaired) electrons. The number of nitrogens with zero attached hydrogens (tertiary/aromatic N) is 1. The van der Waals surface area contributed by atoms with E-state index in [1.54, 1.807) is 30.1 Å². The van der Waals surface area contributed by atoms with Crippen molar-refractivity contribution in [2.75, 3.05) is 19.1 Å². The number of ether oxygens (including phenoxy) is 1. The van der Waals surface area contributed by atoms with Crippen LogP contribution in [0.25, 0.3) is 0 Å². The van der Waals surface area contributed by atoms with Crippen molar-refractivity contribution >= 4 is 17.5 Å². The zero-order chi connectivity index (χ0) is 16.4. The highest BCUT2D eigenvalue weighted by atomic mass is 16.5. The van der Waals surface area contributed by atoms with Crippen LogP contribution in [0.15, 0.2) is 48.5 Å². The Kier molecular flexibility index (Phi) is 4.02. The predicted octanol–water partition coefficient (Wildman–Crippen LogP) is 2.01. The van der Waals surface area contributed by atoms with E-state index in [2.05, 4.69) is 5.32 Å². The lowest BCUT2D eigenvalue weighted by Gasteiger charge is -2.25. The normalized spacial score (nSPS) is 15.9. The molecular formula is C18H18N2O3. The van der Waals surface area contributed by atoms with Crippen molar-refractivity contribution in [1.82, 2.24) is 5.32 Å². The molecule has 0 saturated heterocycles. The molecule has 0 saturated carbocycles. The number of rotatable bonds is 3. The second-order valence-electron chi connectivity index (χ2n) is 5.34. The molecule has 0 bridgehead atoms. The maximum Gasteiger partial charge on any atom is 0.262 e. The van der Waals surface area contributed by atoms with Gasteiger partial charge in [0.1, 0.15) is 11.8 Å². The maximum absolute atomic E-state index is 13.1. The molecule has 1 heterocycles. The predicted molar refractivity (Wildman–Crippen MR) is 87.8 cm³/mol. The number of nitrogens with one attached hydrogen (secondary N) is 1. The number of fused-ring (bicyclic) bond motifs is 1. The maximum atomic E-state index is 13.1. The number of likely N-dealkylation sites (N-methyl/N-ethyl adjacent to an activating group) is 1. The van der Waals surface area contributed by atoms with E-state index >= 15 is 0 Å². The summed E-state index contributed by atoms with van der Waals surface area (Å²) in [7, 11) is 3.11. The van der Waals surface area contributed by atoms with Gasteiger partial charge in [0.25, 0.3) is 5.91 Å². The summed E-state index contributed by atoms with van der Waals surface area (Å²) in [4.78, 5) is 26.9. The van der Waals surface area contributed by atoms with Gasteiger partial charge in [-0.2, -0.15) is 0 Å². The summed E-state index contributed by atoms with van der Waals surface area (Å²) in [6, 6.07) is 14.1. The number of hydrogen-bond donors (Lipinski definition) is 1. The van der Waals surface area contributed by atoms with Crippen LogP contribution in [-0.2, 0) is 11.2 Å². The molecule has 0 aliphatic carbocycles. The molecule has 1 atom stereocenters. The summed E-state index contributed by atoms with van der Waals surface area (Å²) in [6.07, 6.45) is 0.511. The molecule has 0 unspecified atom stereocenters. The van der Waals surface area contributed by atoms with Gasteiger partial charge >= 0.3 is 0 Å². The lowest BCUT2D eigenvalue weighted by atomic mass is 10.1. The summed E-state index contributed by atoms with van der Waals surface area (Å²) >= 11 is 0. The Hall–Kier alpha value is -2.82. The second-order valence-corrected chi connectivity index (χ2v) is 5.34. The summed E-state index contributed by atoms with van der Waals surface area (Å²) < 4.78 is 5.29. The van der Waals surface area contributed by atoms with Gasteiger partial charge in [-0.1, -0.05) is 30.3 Å². The Morgan fingerprint density at radius 3 is 2.57 bits per heavy atom. The fourth-order valence-electron chi connectivity index (χ4n) is 2.96. The fraction of sp³-hybridized carbons (Fsp3) is 0.222. The van der Waals surface area contributed by atoms with E-state index in [1.165, 1.54) is 7.11 Å². The highest BCUT2D eigenvalue weighted by Crippen LogP contribution is 2.34. The topological polar surface area (TPSA) is 58.6 Å². The first-order valence-corrected chi connectivity index (χ1v) is 7.43. The number of benzene rings is 2. The van der Waals surface area contributed by atoms with E-state index in [4.69, 9.17) is 4.74 Å².